The second-order valence-electron chi connectivity index (χ2n) is 3.42. The Morgan fingerprint density at radius 3 is 2.92 bits per heavy atom. The lowest BCUT2D eigenvalue weighted by molar-refractivity contribution is 0.0696. The SMILES string of the molecule is NC1Cc2cccc(C(=O)O)c2C1. The molecule has 0 saturated carbocycles. The van der Waals surface area contributed by atoms with E-state index >= 15 is 0 Å². The van der Waals surface area contributed by atoms with Crippen LogP contribution in [0.5, 0.6) is 0 Å². The lowest BCUT2D eigenvalue weighted by Crippen LogP contribution is -2.19. The summed E-state index contributed by atoms with van der Waals surface area (Å²) in [6.07, 6.45) is 1.49. The number of rotatable bonds is 1. The van der Waals surface area contributed by atoms with E-state index in [1.807, 2.05) is 6.07 Å². The van der Waals surface area contributed by atoms with Gasteiger partial charge in [-0.3, -0.25) is 0 Å². The molecule has 13 heavy (non-hydrogen) atoms. The zero-order valence-corrected chi connectivity index (χ0v) is 7.16. The van der Waals surface area contributed by atoms with Crippen LogP contribution in [0.15, 0.2) is 18.2 Å². The summed E-state index contributed by atoms with van der Waals surface area (Å²) in [6.45, 7) is 0. The number of aromatic carboxylic acids is 1. The molecule has 3 N–H and O–H groups in total. The summed E-state index contributed by atoms with van der Waals surface area (Å²) in [5, 5.41) is 8.89. The minimum absolute atomic E-state index is 0.0931. The van der Waals surface area contributed by atoms with Crippen molar-refractivity contribution >= 4 is 5.97 Å². The normalized spacial score (nSPS) is 19.9. The van der Waals surface area contributed by atoms with Gasteiger partial charge in [0, 0.05) is 6.04 Å². The van der Waals surface area contributed by atoms with E-state index in [-0.39, 0.29) is 6.04 Å². The number of carbonyl (C=O) groups is 1. The average Bonchev–Trinajstić information content (AvgIpc) is 2.43. The number of benzene rings is 1. The molecule has 0 spiro atoms. The molecule has 0 bridgehead atoms. The van der Waals surface area contributed by atoms with Crippen molar-refractivity contribution < 1.29 is 9.90 Å². The third kappa shape index (κ3) is 1.31. The molecule has 1 atom stereocenters. The molecule has 0 radical (unpaired) electrons. The predicted octanol–water partition coefficient (Wildman–Crippen LogP) is 0.811. The molecule has 0 saturated heterocycles. The molecule has 3 nitrogen and oxygen atoms in total. The van der Waals surface area contributed by atoms with Gasteiger partial charge < -0.3 is 10.8 Å². The summed E-state index contributed by atoms with van der Waals surface area (Å²) >= 11 is 0. The van der Waals surface area contributed by atoms with Crippen LogP contribution < -0.4 is 5.73 Å². The first-order chi connectivity index (χ1) is 6.18. The standard InChI is InChI=1S/C10H11NO2/c11-7-4-6-2-1-3-8(10(12)13)9(6)5-7/h1-3,7H,4-5,11H2,(H,12,13). The topological polar surface area (TPSA) is 63.3 Å². The molecule has 1 aliphatic rings. The highest BCUT2D eigenvalue weighted by molar-refractivity contribution is 5.90. The second-order valence-corrected chi connectivity index (χ2v) is 3.42. The molecular formula is C10H11NO2. The molecule has 0 aromatic heterocycles. The maximum absolute atomic E-state index is 10.8. The third-order valence-corrected chi connectivity index (χ3v) is 2.45. The lowest BCUT2D eigenvalue weighted by Gasteiger charge is -2.02. The Labute approximate surface area is 76.2 Å². The predicted molar refractivity (Wildman–Crippen MR) is 48.8 cm³/mol. The Balaban J connectivity index is 2.51. The summed E-state index contributed by atoms with van der Waals surface area (Å²) in [5.74, 6) is -0.856. The van der Waals surface area contributed by atoms with Crippen LogP contribution in [0, 0.1) is 0 Å². The second kappa shape index (κ2) is 2.85. The Morgan fingerprint density at radius 2 is 2.23 bits per heavy atom. The largest absolute Gasteiger partial charge is 0.478 e. The number of hydrogen-bond acceptors (Lipinski definition) is 2. The summed E-state index contributed by atoms with van der Waals surface area (Å²) in [5.41, 5.74) is 8.18. The van der Waals surface area contributed by atoms with Crippen molar-refractivity contribution in [2.24, 2.45) is 5.73 Å². The molecule has 2 rings (SSSR count). The van der Waals surface area contributed by atoms with E-state index in [9.17, 15) is 4.79 Å². The van der Waals surface area contributed by atoms with E-state index in [0.717, 1.165) is 17.5 Å². The van der Waals surface area contributed by atoms with E-state index in [2.05, 4.69) is 0 Å². The van der Waals surface area contributed by atoms with Crippen LogP contribution in [-0.2, 0) is 12.8 Å². The number of hydrogen-bond donors (Lipinski definition) is 2. The number of carboxylic acids is 1. The Hall–Kier alpha value is -1.35. The summed E-state index contributed by atoms with van der Waals surface area (Å²) in [7, 11) is 0. The van der Waals surface area contributed by atoms with Gasteiger partial charge in [-0.2, -0.15) is 0 Å². The molecule has 0 fully saturated rings. The van der Waals surface area contributed by atoms with Crippen molar-refractivity contribution in [3.63, 3.8) is 0 Å². The summed E-state index contributed by atoms with van der Waals surface area (Å²) < 4.78 is 0. The molecule has 1 aromatic carbocycles. The van der Waals surface area contributed by atoms with Crippen molar-refractivity contribution in [2.75, 3.05) is 0 Å². The van der Waals surface area contributed by atoms with Gasteiger partial charge in [0.05, 0.1) is 5.56 Å². The van der Waals surface area contributed by atoms with E-state index in [4.69, 9.17) is 10.8 Å². The first-order valence-electron chi connectivity index (χ1n) is 4.28. The maximum Gasteiger partial charge on any atom is 0.335 e. The van der Waals surface area contributed by atoms with Crippen molar-refractivity contribution in [2.45, 2.75) is 18.9 Å². The van der Waals surface area contributed by atoms with Crippen LogP contribution in [0.1, 0.15) is 21.5 Å². The van der Waals surface area contributed by atoms with Gasteiger partial charge in [0.25, 0.3) is 0 Å². The number of carboxylic acid groups (broad SMARTS) is 1. The summed E-state index contributed by atoms with van der Waals surface area (Å²) in [6, 6.07) is 5.46. The maximum atomic E-state index is 10.8. The zero-order valence-electron chi connectivity index (χ0n) is 7.16. The fourth-order valence-corrected chi connectivity index (χ4v) is 1.88. The van der Waals surface area contributed by atoms with E-state index < -0.39 is 5.97 Å². The van der Waals surface area contributed by atoms with E-state index in [1.54, 1.807) is 12.1 Å². The average molecular weight is 177 g/mol. The van der Waals surface area contributed by atoms with Gasteiger partial charge in [-0.15, -0.1) is 0 Å². The molecule has 1 aromatic rings. The van der Waals surface area contributed by atoms with E-state index in [1.165, 1.54) is 0 Å². The molecule has 1 aliphatic carbocycles. The fraction of sp³-hybridized carbons (Fsp3) is 0.300. The highest BCUT2D eigenvalue weighted by Gasteiger charge is 2.22. The first-order valence-corrected chi connectivity index (χ1v) is 4.28. The van der Waals surface area contributed by atoms with Crippen LogP contribution in [0.3, 0.4) is 0 Å². The van der Waals surface area contributed by atoms with Crippen LogP contribution in [-0.4, -0.2) is 17.1 Å². The van der Waals surface area contributed by atoms with Crippen molar-refractivity contribution in [1.29, 1.82) is 0 Å². The van der Waals surface area contributed by atoms with Gasteiger partial charge in [-0.05, 0) is 30.0 Å². The third-order valence-electron chi connectivity index (χ3n) is 2.45. The highest BCUT2D eigenvalue weighted by Crippen LogP contribution is 2.24. The monoisotopic (exact) mass is 177 g/mol. The van der Waals surface area contributed by atoms with Gasteiger partial charge in [0.2, 0.25) is 0 Å². The van der Waals surface area contributed by atoms with Crippen molar-refractivity contribution in [1.82, 2.24) is 0 Å². The van der Waals surface area contributed by atoms with Gasteiger partial charge in [0.15, 0.2) is 0 Å². The molecule has 1 unspecified atom stereocenters. The highest BCUT2D eigenvalue weighted by atomic mass is 16.4. The van der Waals surface area contributed by atoms with E-state index in [0.29, 0.717) is 12.0 Å². The minimum atomic E-state index is -0.856. The Kier molecular flexibility index (Phi) is 1.81. The van der Waals surface area contributed by atoms with Gasteiger partial charge in [-0.1, -0.05) is 12.1 Å². The van der Waals surface area contributed by atoms with Crippen molar-refractivity contribution in [3.05, 3.63) is 34.9 Å². The molecular weight excluding hydrogens is 166 g/mol. The minimum Gasteiger partial charge on any atom is -0.478 e. The van der Waals surface area contributed by atoms with Crippen LogP contribution in [0.25, 0.3) is 0 Å². The number of fused-ring (bicyclic) bond motifs is 1. The molecule has 0 heterocycles. The van der Waals surface area contributed by atoms with Gasteiger partial charge in [0.1, 0.15) is 0 Å². The fourth-order valence-electron chi connectivity index (χ4n) is 1.88. The molecule has 3 heteroatoms. The molecule has 0 aliphatic heterocycles. The quantitative estimate of drug-likeness (QED) is 0.667. The zero-order chi connectivity index (χ0) is 9.42. The lowest BCUT2D eigenvalue weighted by atomic mass is 10.0. The van der Waals surface area contributed by atoms with Crippen LogP contribution >= 0.6 is 0 Å². The Morgan fingerprint density at radius 1 is 1.46 bits per heavy atom. The molecule has 68 valence electrons. The summed E-state index contributed by atoms with van der Waals surface area (Å²) in [4.78, 5) is 10.8. The molecule has 0 amide bonds. The van der Waals surface area contributed by atoms with Crippen LogP contribution in [0.2, 0.25) is 0 Å². The van der Waals surface area contributed by atoms with Crippen LogP contribution in [0.4, 0.5) is 0 Å². The van der Waals surface area contributed by atoms with Gasteiger partial charge in [-0.25, -0.2) is 4.79 Å². The smallest absolute Gasteiger partial charge is 0.335 e. The first kappa shape index (κ1) is 8.26. The van der Waals surface area contributed by atoms with Gasteiger partial charge >= 0.3 is 5.97 Å². The Bertz CT molecular complexity index is 360. The number of nitrogens with two attached hydrogens (primary N) is 1. The van der Waals surface area contributed by atoms with Crippen molar-refractivity contribution in [3.8, 4) is 0 Å².